The number of amides is 1. The Balaban J connectivity index is 0.00000242. The van der Waals surface area contributed by atoms with Crippen LogP contribution >= 0.6 is 24.2 Å². The first-order valence-electron chi connectivity index (χ1n) is 7.40. The second-order valence-electron chi connectivity index (χ2n) is 5.35. The molecule has 1 saturated heterocycles. The number of hydrogen-bond donors (Lipinski definition) is 2. The van der Waals surface area contributed by atoms with Crippen LogP contribution in [0.15, 0.2) is 18.2 Å². The maximum absolute atomic E-state index is 11.9. The summed E-state index contributed by atoms with van der Waals surface area (Å²) < 4.78 is 5.35. The number of halogens is 1. The van der Waals surface area contributed by atoms with E-state index in [0.717, 1.165) is 35.8 Å². The van der Waals surface area contributed by atoms with Gasteiger partial charge in [0, 0.05) is 37.1 Å². The van der Waals surface area contributed by atoms with Crippen LogP contribution in [0, 0.1) is 6.92 Å². The minimum absolute atomic E-state index is 0. The number of benzene rings is 1. The molecule has 1 amide bonds. The fraction of sp³-hybridized carbons (Fsp3) is 0.562. The highest BCUT2D eigenvalue weighted by Gasteiger charge is 2.16. The topological polar surface area (TPSA) is 50.4 Å². The number of ether oxygens (including phenoxy) is 1. The number of thioether (sulfide) groups is 1. The third-order valence-corrected chi connectivity index (χ3v) is 4.71. The van der Waals surface area contributed by atoms with Crippen LogP contribution in [0.2, 0.25) is 0 Å². The van der Waals surface area contributed by atoms with Crippen LogP contribution in [0.1, 0.15) is 17.5 Å². The number of carbonyl (C=O) groups is 1. The molecular formula is C16H25ClN2O2S. The van der Waals surface area contributed by atoms with Gasteiger partial charge in [0.2, 0.25) is 5.91 Å². The minimum Gasteiger partial charge on any atom is -0.496 e. The zero-order chi connectivity index (χ0) is 15.1. The molecule has 0 saturated carbocycles. The molecule has 1 heterocycles. The average Bonchev–Trinajstić information content (AvgIpc) is 2.48. The summed E-state index contributed by atoms with van der Waals surface area (Å²) in [6.07, 6.45) is 1.36. The third kappa shape index (κ3) is 6.07. The molecule has 0 aliphatic carbocycles. The Labute approximate surface area is 143 Å². The predicted octanol–water partition coefficient (Wildman–Crippen LogP) is 2.18. The third-order valence-electron chi connectivity index (χ3n) is 3.58. The molecule has 0 radical (unpaired) electrons. The molecule has 2 rings (SSSR count). The highest BCUT2D eigenvalue weighted by Crippen LogP contribution is 2.19. The Kier molecular flexibility index (Phi) is 8.68. The van der Waals surface area contributed by atoms with Crippen molar-refractivity contribution in [3.05, 3.63) is 29.3 Å². The van der Waals surface area contributed by atoms with Crippen LogP contribution in [0.4, 0.5) is 0 Å². The number of methoxy groups -OCH3 is 1. The standard InChI is InChI=1S/C16H24N2O2S.ClH/c1-12-3-4-15(20-2)13(9-12)5-6-18-16(19)10-14-11-21-8-7-17-14;/h3-4,9,14,17H,5-8,10-11H2,1-2H3,(H,18,19);1H. The maximum atomic E-state index is 11.9. The normalized spacial score (nSPS) is 17.5. The number of carbonyl (C=O) groups excluding carboxylic acids is 1. The van der Waals surface area contributed by atoms with E-state index in [9.17, 15) is 4.79 Å². The van der Waals surface area contributed by atoms with E-state index in [0.29, 0.717) is 19.0 Å². The molecule has 0 aromatic heterocycles. The first-order valence-corrected chi connectivity index (χ1v) is 8.56. The highest BCUT2D eigenvalue weighted by molar-refractivity contribution is 7.99. The van der Waals surface area contributed by atoms with Gasteiger partial charge in [-0.05, 0) is 25.0 Å². The summed E-state index contributed by atoms with van der Waals surface area (Å²) in [6, 6.07) is 6.45. The number of aryl methyl sites for hydroxylation is 1. The molecule has 6 heteroatoms. The molecule has 1 unspecified atom stereocenters. The summed E-state index contributed by atoms with van der Waals surface area (Å²) in [5, 5.41) is 6.39. The van der Waals surface area contributed by atoms with Gasteiger partial charge in [0.05, 0.1) is 7.11 Å². The Morgan fingerprint density at radius 2 is 2.32 bits per heavy atom. The molecule has 1 aromatic rings. The lowest BCUT2D eigenvalue weighted by molar-refractivity contribution is -0.121. The van der Waals surface area contributed by atoms with E-state index in [-0.39, 0.29) is 18.3 Å². The molecule has 1 aromatic carbocycles. The maximum Gasteiger partial charge on any atom is 0.221 e. The summed E-state index contributed by atoms with van der Waals surface area (Å²) in [5.41, 5.74) is 2.35. The summed E-state index contributed by atoms with van der Waals surface area (Å²) in [5.74, 6) is 3.19. The second-order valence-corrected chi connectivity index (χ2v) is 6.50. The van der Waals surface area contributed by atoms with Gasteiger partial charge in [-0.1, -0.05) is 17.7 Å². The lowest BCUT2D eigenvalue weighted by Crippen LogP contribution is -2.41. The SMILES string of the molecule is COc1ccc(C)cc1CCNC(=O)CC1CSCCN1.Cl. The van der Waals surface area contributed by atoms with E-state index in [1.807, 2.05) is 23.9 Å². The van der Waals surface area contributed by atoms with Crippen LogP contribution < -0.4 is 15.4 Å². The summed E-state index contributed by atoms with van der Waals surface area (Å²) in [4.78, 5) is 11.9. The van der Waals surface area contributed by atoms with Gasteiger partial charge >= 0.3 is 0 Å². The number of hydrogen-bond acceptors (Lipinski definition) is 4. The van der Waals surface area contributed by atoms with Gasteiger partial charge in [0.1, 0.15) is 5.75 Å². The van der Waals surface area contributed by atoms with Crippen molar-refractivity contribution in [1.82, 2.24) is 10.6 Å². The minimum atomic E-state index is 0. The van der Waals surface area contributed by atoms with Gasteiger partial charge in [-0.2, -0.15) is 11.8 Å². The van der Waals surface area contributed by atoms with Gasteiger partial charge in [-0.25, -0.2) is 0 Å². The fourth-order valence-corrected chi connectivity index (χ4v) is 3.44. The van der Waals surface area contributed by atoms with Crippen LogP contribution in [0.3, 0.4) is 0 Å². The van der Waals surface area contributed by atoms with Gasteiger partial charge in [0.15, 0.2) is 0 Å². The van der Waals surface area contributed by atoms with E-state index in [1.54, 1.807) is 7.11 Å². The van der Waals surface area contributed by atoms with Crippen molar-refractivity contribution < 1.29 is 9.53 Å². The molecule has 1 aliphatic heterocycles. The molecule has 1 atom stereocenters. The lowest BCUT2D eigenvalue weighted by atomic mass is 10.1. The summed E-state index contributed by atoms with van der Waals surface area (Å²) in [6.45, 7) is 3.72. The Morgan fingerprint density at radius 1 is 1.50 bits per heavy atom. The Hall–Kier alpha value is -0.910. The van der Waals surface area contributed by atoms with Crippen molar-refractivity contribution in [2.45, 2.75) is 25.8 Å². The Morgan fingerprint density at radius 3 is 3.00 bits per heavy atom. The second kappa shape index (κ2) is 9.98. The smallest absolute Gasteiger partial charge is 0.221 e. The summed E-state index contributed by atoms with van der Waals surface area (Å²) in [7, 11) is 1.68. The van der Waals surface area contributed by atoms with Gasteiger partial charge in [0.25, 0.3) is 0 Å². The van der Waals surface area contributed by atoms with Crippen LogP contribution in [-0.2, 0) is 11.2 Å². The highest BCUT2D eigenvalue weighted by atomic mass is 35.5. The lowest BCUT2D eigenvalue weighted by Gasteiger charge is -2.22. The van der Waals surface area contributed by atoms with Crippen LogP contribution in [0.5, 0.6) is 5.75 Å². The van der Waals surface area contributed by atoms with E-state index >= 15 is 0 Å². The number of nitrogens with one attached hydrogen (secondary N) is 2. The van der Waals surface area contributed by atoms with Crippen molar-refractivity contribution in [2.75, 3.05) is 31.7 Å². The average molecular weight is 345 g/mol. The first kappa shape index (κ1) is 19.1. The van der Waals surface area contributed by atoms with Crippen LogP contribution in [0.25, 0.3) is 0 Å². The predicted molar refractivity (Wildman–Crippen MR) is 95.4 cm³/mol. The van der Waals surface area contributed by atoms with Gasteiger partial charge in [-0.15, -0.1) is 12.4 Å². The van der Waals surface area contributed by atoms with E-state index in [4.69, 9.17) is 4.74 Å². The van der Waals surface area contributed by atoms with E-state index < -0.39 is 0 Å². The Bertz CT molecular complexity index is 479. The van der Waals surface area contributed by atoms with Gasteiger partial charge in [-0.3, -0.25) is 4.79 Å². The molecule has 0 spiro atoms. The van der Waals surface area contributed by atoms with Crippen molar-refractivity contribution in [1.29, 1.82) is 0 Å². The van der Waals surface area contributed by atoms with E-state index in [1.165, 1.54) is 5.56 Å². The van der Waals surface area contributed by atoms with Crippen molar-refractivity contribution in [3.8, 4) is 5.75 Å². The van der Waals surface area contributed by atoms with Crippen LogP contribution in [-0.4, -0.2) is 43.7 Å². The molecular weight excluding hydrogens is 320 g/mol. The molecule has 124 valence electrons. The monoisotopic (exact) mass is 344 g/mol. The summed E-state index contributed by atoms with van der Waals surface area (Å²) >= 11 is 1.91. The molecule has 22 heavy (non-hydrogen) atoms. The molecule has 0 bridgehead atoms. The zero-order valence-electron chi connectivity index (χ0n) is 13.2. The van der Waals surface area contributed by atoms with Crippen molar-refractivity contribution in [2.24, 2.45) is 0 Å². The van der Waals surface area contributed by atoms with Crippen molar-refractivity contribution >= 4 is 30.1 Å². The van der Waals surface area contributed by atoms with E-state index in [2.05, 4.69) is 23.6 Å². The molecule has 4 nitrogen and oxygen atoms in total. The van der Waals surface area contributed by atoms with Crippen molar-refractivity contribution in [3.63, 3.8) is 0 Å². The zero-order valence-corrected chi connectivity index (χ0v) is 14.8. The first-order chi connectivity index (χ1) is 10.2. The molecule has 1 fully saturated rings. The van der Waals surface area contributed by atoms with Gasteiger partial charge < -0.3 is 15.4 Å². The molecule has 2 N–H and O–H groups in total. The quantitative estimate of drug-likeness (QED) is 0.830. The number of rotatable bonds is 6. The molecule has 1 aliphatic rings. The fourth-order valence-electron chi connectivity index (χ4n) is 2.49. The largest absolute Gasteiger partial charge is 0.496 e.